The first-order chi connectivity index (χ1) is 15.1. The Morgan fingerprint density at radius 3 is 2.32 bits per heavy atom. The number of carbonyl (C=O) groups excluding carboxylic acids is 2. The molecule has 0 radical (unpaired) electrons. The molecule has 1 aromatic heterocycles. The molecule has 1 atom stereocenters. The highest BCUT2D eigenvalue weighted by Gasteiger charge is 2.22. The third kappa shape index (κ3) is 4.99. The molecule has 0 saturated carbocycles. The number of anilines is 1. The van der Waals surface area contributed by atoms with Gasteiger partial charge >= 0.3 is 0 Å². The summed E-state index contributed by atoms with van der Waals surface area (Å²) in [6, 6.07) is 24.5. The molecule has 3 aromatic carbocycles. The summed E-state index contributed by atoms with van der Waals surface area (Å²) in [5, 5.41) is 15.7. The number of benzene rings is 3. The van der Waals surface area contributed by atoms with Crippen molar-refractivity contribution in [3.8, 4) is 0 Å². The molecule has 3 N–H and O–H groups in total. The van der Waals surface area contributed by atoms with Gasteiger partial charge in [0.25, 0.3) is 5.91 Å². The number of hydrogen-bond donors (Lipinski definition) is 3. The van der Waals surface area contributed by atoms with Crippen molar-refractivity contribution in [1.29, 1.82) is 0 Å². The van der Waals surface area contributed by atoms with Crippen molar-refractivity contribution in [3.63, 3.8) is 0 Å². The number of furan rings is 1. The number of amides is 2. The van der Waals surface area contributed by atoms with Crippen molar-refractivity contribution >= 4 is 28.5 Å². The van der Waals surface area contributed by atoms with Crippen molar-refractivity contribution in [1.82, 2.24) is 5.32 Å². The largest absolute Gasteiger partial charge is 0.459 e. The van der Waals surface area contributed by atoms with Crippen molar-refractivity contribution < 1.29 is 19.1 Å². The van der Waals surface area contributed by atoms with Gasteiger partial charge < -0.3 is 20.2 Å². The van der Waals surface area contributed by atoms with Crippen LogP contribution in [0.25, 0.3) is 11.0 Å². The predicted molar refractivity (Wildman–Crippen MR) is 119 cm³/mol. The number of fused-ring (bicyclic) bond motifs is 1. The second kappa shape index (κ2) is 9.28. The van der Waals surface area contributed by atoms with Gasteiger partial charge in [-0.15, -0.1) is 0 Å². The van der Waals surface area contributed by atoms with Gasteiger partial charge in [-0.2, -0.15) is 0 Å². The molecule has 0 aliphatic rings. The maximum absolute atomic E-state index is 13.1. The monoisotopic (exact) mass is 414 g/mol. The van der Waals surface area contributed by atoms with Gasteiger partial charge in [0.1, 0.15) is 24.0 Å². The number of hydrogen-bond acceptors (Lipinski definition) is 4. The molecule has 1 unspecified atom stereocenters. The molecule has 0 fully saturated rings. The Balaban J connectivity index is 1.54. The van der Waals surface area contributed by atoms with E-state index in [9.17, 15) is 14.7 Å². The molecule has 2 amide bonds. The van der Waals surface area contributed by atoms with Crippen LogP contribution in [0.15, 0.2) is 89.3 Å². The Morgan fingerprint density at radius 1 is 0.903 bits per heavy atom. The van der Waals surface area contributed by atoms with Gasteiger partial charge in [0.05, 0.1) is 0 Å². The van der Waals surface area contributed by atoms with E-state index in [4.69, 9.17) is 4.42 Å². The van der Waals surface area contributed by atoms with Crippen molar-refractivity contribution in [2.24, 2.45) is 0 Å². The Kier molecular flexibility index (Phi) is 6.10. The topological polar surface area (TPSA) is 91.6 Å². The molecule has 0 aliphatic heterocycles. The predicted octanol–water partition coefficient (Wildman–Crippen LogP) is 3.90. The van der Waals surface area contributed by atoms with Crippen LogP contribution in [0.2, 0.25) is 0 Å². The van der Waals surface area contributed by atoms with E-state index in [1.807, 2.05) is 36.4 Å². The standard InChI is InChI=1S/C25H22N2O4/c28-16-21-15-19-14-20(11-12-23(19)31-21)26-25(30)22(13-17-7-3-1-4-8-17)27-24(29)18-9-5-2-6-10-18/h1-12,14-15,22,28H,13,16H2,(H,26,30)(H,27,29). The lowest BCUT2D eigenvalue weighted by molar-refractivity contribution is -0.118. The van der Waals surface area contributed by atoms with Crippen LogP contribution in [0, 0.1) is 0 Å². The third-order valence-electron chi connectivity index (χ3n) is 4.93. The van der Waals surface area contributed by atoms with Gasteiger partial charge in [-0.25, -0.2) is 0 Å². The second-order valence-corrected chi connectivity index (χ2v) is 7.19. The Bertz CT molecular complexity index is 1190. The maximum atomic E-state index is 13.1. The van der Waals surface area contributed by atoms with E-state index < -0.39 is 6.04 Å². The maximum Gasteiger partial charge on any atom is 0.251 e. The minimum absolute atomic E-state index is 0.193. The quantitative estimate of drug-likeness (QED) is 0.428. The molecule has 4 rings (SSSR count). The van der Waals surface area contributed by atoms with Crippen LogP contribution >= 0.6 is 0 Å². The summed E-state index contributed by atoms with van der Waals surface area (Å²) in [5.41, 5.74) is 2.63. The SMILES string of the molecule is O=C(NC(Cc1ccccc1)C(=O)Nc1ccc2oc(CO)cc2c1)c1ccccc1. The number of aliphatic hydroxyl groups is 1. The van der Waals surface area contributed by atoms with E-state index in [0.717, 1.165) is 10.9 Å². The summed E-state index contributed by atoms with van der Waals surface area (Å²) in [4.78, 5) is 25.8. The number of aliphatic hydroxyl groups excluding tert-OH is 1. The molecule has 6 heteroatoms. The summed E-state index contributed by atoms with van der Waals surface area (Å²) in [5.74, 6) is -0.177. The molecular weight excluding hydrogens is 392 g/mol. The summed E-state index contributed by atoms with van der Waals surface area (Å²) in [6.45, 7) is -0.193. The lowest BCUT2D eigenvalue weighted by Gasteiger charge is -2.19. The Morgan fingerprint density at radius 2 is 1.61 bits per heavy atom. The highest BCUT2D eigenvalue weighted by atomic mass is 16.4. The Hall–Kier alpha value is -3.90. The van der Waals surface area contributed by atoms with E-state index in [1.165, 1.54) is 0 Å². The van der Waals surface area contributed by atoms with Crippen LogP contribution in [0.4, 0.5) is 5.69 Å². The van der Waals surface area contributed by atoms with Crippen LogP contribution in [-0.2, 0) is 17.8 Å². The van der Waals surface area contributed by atoms with Crippen LogP contribution in [-0.4, -0.2) is 23.0 Å². The van der Waals surface area contributed by atoms with Crippen LogP contribution < -0.4 is 10.6 Å². The Labute approximate surface area is 179 Å². The van der Waals surface area contributed by atoms with Crippen molar-refractivity contribution in [2.45, 2.75) is 19.1 Å². The second-order valence-electron chi connectivity index (χ2n) is 7.19. The molecule has 156 valence electrons. The van der Waals surface area contributed by atoms with E-state index >= 15 is 0 Å². The first-order valence-electron chi connectivity index (χ1n) is 9.96. The van der Waals surface area contributed by atoms with Gasteiger partial charge in [0, 0.05) is 23.1 Å². The molecule has 31 heavy (non-hydrogen) atoms. The summed E-state index contributed by atoms with van der Waals surface area (Å²) < 4.78 is 5.49. The van der Waals surface area contributed by atoms with Crippen molar-refractivity contribution in [3.05, 3.63) is 102 Å². The molecule has 0 aliphatic carbocycles. The smallest absolute Gasteiger partial charge is 0.251 e. The molecule has 0 saturated heterocycles. The molecule has 1 heterocycles. The molecule has 0 bridgehead atoms. The van der Waals surface area contributed by atoms with Gasteiger partial charge in [-0.1, -0.05) is 48.5 Å². The normalized spacial score (nSPS) is 11.8. The summed E-state index contributed by atoms with van der Waals surface area (Å²) in [6.07, 6.45) is 0.355. The lowest BCUT2D eigenvalue weighted by Crippen LogP contribution is -2.45. The van der Waals surface area contributed by atoms with Gasteiger partial charge in [-0.05, 0) is 42.0 Å². The van der Waals surface area contributed by atoms with E-state index in [0.29, 0.717) is 29.0 Å². The molecule has 0 spiro atoms. The lowest BCUT2D eigenvalue weighted by atomic mass is 10.0. The van der Waals surface area contributed by atoms with E-state index in [-0.39, 0.29) is 18.4 Å². The average molecular weight is 414 g/mol. The van der Waals surface area contributed by atoms with E-state index in [1.54, 1.807) is 48.5 Å². The zero-order valence-corrected chi connectivity index (χ0v) is 16.7. The highest BCUT2D eigenvalue weighted by Crippen LogP contribution is 2.23. The first kappa shape index (κ1) is 20.4. The summed E-state index contributed by atoms with van der Waals surface area (Å²) >= 11 is 0. The summed E-state index contributed by atoms with van der Waals surface area (Å²) in [7, 11) is 0. The van der Waals surface area contributed by atoms with E-state index in [2.05, 4.69) is 10.6 Å². The minimum atomic E-state index is -0.761. The fourth-order valence-corrected chi connectivity index (χ4v) is 3.37. The molecule has 6 nitrogen and oxygen atoms in total. The fraction of sp³-hybridized carbons (Fsp3) is 0.120. The van der Waals surface area contributed by atoms with Gasteiger partial charge in [0.2, 0.25) is 5.91 Å². The minimum Gasteiger partial charge on any atom is -0.459 e. The highest BCUT2D eigenvalue weighted by molar-refractivity contribution is 6.02. The fourth-order valence-electron chi connectivity index (χ4n) is 3.37. The third-order valence-corrected chi connectivity index (χ3v) is 4.93. The number of carbonyl (C=O) groups is 2. The zero-order chi connectivity index (χ0) is 21.6. The van der Waals surface area contributed by atoms with Gasteiger partial charge in [0.15, 0.2) is 0 Å². The zero-order valence-electron chi connectivity index (χ0n) is 16.7. The molecule has 4 aromatic rings. The van der Waals surface area contributed by atoms with Gasteiger partial charge in [-0.3, -0.25) is 9.59 Å². The van der Waals surface area contributed by atoms with Crippen molar-refractivity contribution in [2.75, 3.05) is 5.32 Å². The van der Waals surface area contributed by atoms with Crippen LogP contribution in [0.1, 0.15) is 21.7 Å². The number of nitrogens with one attached hydrogen (secondary N) is 2. The molecular formula is C25H22N2O4. The van der Waals surface area contributed by atoms with Crippen LogP contribution in [0.3, 0.4) is 0 Å². The number of rotatable bonds is 7. The van der Waals surface area contributed by atoms with Crippen LogP contribution in [0.5, 0.6) is 0 Å². The average Bonchev–Trinajstić information content (AvgIpc) is 3.22. The first-order valence-corrected chi connectivity index (χ1v) is 9.96.